The standard InChI is InChI=1S/C15H19NO/c1-10-9-11(2)13(4)15(12(10)3)14(17)7-8-16(5)6/h9H,1-6H3. The van der Waals surface area contributed by atoms with Crippen LogP contribution in [0.25, 0.3) is 0 Å². The minimum absolute atomic E-state index is 0.0968. The molecule has 1 aromatic carbocycles. The van der Waals surface area contributed by atoms with Gasteiger partial charge in [0.2, 0.25) is 5.78 Å². The molecule has 0 saturated carbocycles. The smallest absolute Gasteiger partial charge is 0.238 e. The fraction of sp³-hybridized carbons (Fsp3) is 0.400. The zero-order valence-electron chi connectivity index (χ0n) is 11.4. The highest BCUT2D eigenvalue weighted by atomic mass is 16.1. The van der Waals surface area contributed by atoms with Gasteiger partial charge < -0.3 is 4.90 Å². The van der Waals surface area contributed by atoms with Gasteiger partial charge in [0.25, 0.3) is 0 Å². The number of aryl methyl sites for hydroxylation is 2. The predicted molar refractivity (Wildman–Crippen MR) is 71.2 cm³/mol. The topological polar surface area (TPSA) is 20.3 Å². The Bertz CT molecular complexity index is 490. The zero-order chi connectivity index (χ0) is 13.2. The summed E-state index contributed by atoms with van der Waals surface area (Å²) < 4.78 is 0. The molecule has 0 aliphatic heterocycles. The molecule has 1 aromatic rings. The molecule has 0 fully saturated rings. The molecule has 0 atom stereocenters. The van der Waals surface area contributed by atoms with Crippen LogP contribution in [0.4, 0.5) is 0 Å². The fourth-order valence-electron chi connectivity index (χ4n) is 1.78. The summed E-state index contributed by atoms with van der Waals surface area (Å²) >= 11 is 0. The van der Waals surface area contributed by atoms with Crippen LogP contribution in [0.3, 0.4) is 0 Å². The Morgan fingerprint density at radius 1 is 1.06 bits per heavy atom. The molecule has 0 spiro atoms. The Morgan fingerprint density at radius 2 is 1.53 bits per heavy atom. The number of carbonyl (C=O) groups is 1. The van der Waals surface area contributed by atoms with Crippen molar-refractivity contribution in [1.29, 1.82) is 0 Å². The van der Waals surface area contributed by atoms with E-state index >= 15 is 0 Å². The number of hydrogen-bond acceptors (Lipinski definition) is 2. The van der Waals surface area contributed by atoms with Crippen molar-refractivity contribution in [1.82, 2.24) is 4.90 Å². The molecule has 1 rings (SSSR count). The molecule has 0 aliphatic rings. The molecule has 0 aromatic heterocycles. The minimum Gasteiger partial charge on any atom is -0.338 e. The predicted octanol–water partition coefficient (Wildman–Crippen LogP) is 2.63. The van der Waals surface area contributed by atoms with Gasteiger partial charge in [-0.15, -0.1) is 0 Å². The average Bonchev–Trinajstić information content (AvgIpc) is 2.24. The number of hydrogen-bond donors (Lipinski definition) is 0. The molecule has 0 unspecified atom stereocenters. The van der Waals surface area contributed by atoms with Crippen LogP contribution < -0.4 is 0 Å². The number of rotatable bonds is 1. The van der Waals surface area contributed by atoms with Gasteiger partial charge in [-0.05, 0) is 55.9 Å². The molecule has 0 N–H and O–H groups in total. The Kier molecular flexibility index (Phi) is 3.96. The molecule has 2 heteroatoms. The molecule has 90 valence electrons. The summed E-state index contributed by atoms with van der Waals surface area (Å²) in [6.45, 7) is 8.01. The van der Waals surface area contributed by atoms with E-state index in [4.69, 9.17) is 0 Å². The van der Waals surface area contributed by atoms with Gasteiger partial charge in [0.15, 0.2) is 0 Å². The van der Waals surface area contributed by atoms with E-state index in [0.717, 1.165) is 27.8 Å². The minimum atomic E-state index is -0.0968. The molecule has 0 amide bonds. The van der Waals surface area contributed by atoms with E-state index in [2.05, 4.69) is 18.0 Å². The average molecular weight is 229 g/mol. The van der Waals surface area contributed by atoms with E-state index in [1.54, 1.807) is 4.90 Å². The molecule has 0 bridgehead atoms. The third kappa shape index (κ3) is 2.88. The number of ketones is 1. The third-order valence-corrected chi connectivity index (χ3v) is 2.99. The lowest BCUT2D eigenvalue weighted by atomic mass is 9.92. The molecule has 0 radical (unpaired) electrons. The lowest BCUT2D eigenvalue weighted by molar-refractivity contribution is 0.105. The summed E-state index contributed by atoms with van der Waals surface area (Å²) in [7, 11) is 3.64. The highest BCUT2D eigenvalue weighted by molar-refractivity contribution is 6.11. The lowest BCUT2D eigenvalue weighted by Crippen LogP contribution is -2.08. The van der Waals surface area contributed by atoms with E-state index in [1.165, 1.54) is 0 Å². The monoisotopic (exact) mass is 229 g/mol. The SMILES string of the molecule is Cc1cc(C)c(C)c(C(=O)C#CN(C)C)c1C. The van der Waals surface area contributed by atoms with E-state index in [9.17, 15) is 4.79 Å². The maximum absolute atomic E-state index is 12.1. The van der Waals surface area contributed by atoms with E-state index in [1.807, 2.05) is 41.8 Å². The maximum Gasteiger partial charge on any atom is 0.238 e. The van der Waals surface area contributed by atoms with E-state index in [0.29, 0.717) is 0 Å². The summed E-state index contributed by atoms with van der Waals surface area (Å²) in [6, 6.07) is 4.88. The normalized spacial score (nSPS) is 9.53. The van der Waals surface area contributed by atoms with Crippen molar-refractivity contribution in [2.45, 2.75) is 27.7 Å². The van der Waals surface area contributed by atoms with Gasteiger partial charge in [0, 0.05) is 25.7 Å². The van der Waals surface area contributed by atoms with Gasteiger partial charge in [0.1, 0.15) is 0 Å². The van der Waals surface area contributed by atoms with E-state index < -0.39 is 0 Å². The van der Waals surface area contributed by atoms with Crippen LogP contribution in [0.2, 0.25) is 0 Å². The number of nitrogens with zero attached hydrogens (tertiary/aromatic N) is 1. The third-order valence-electron chi connectivity index (χ3n) is 2.99. The second-order valence-corrected chi connectivity index (χ2v) is 4.60. The number of benzene rings is 1. The number of carbonyl (C=O) groups excluding carboxylic acids is 1. The maximum atomic E-state index is 12.1. The van der Waals surface area contributed by atoms with Gasteiger partial charge in [-0.3, -0.25) is 4.79 Å². The van der Waals surface area contributed by atoms with Crippen molar-refractivity contribution in [2.75, 3.05) is 14.1 Å². The summed E-state index contributed by atoms with van der Waals surface area (Å²) in [5, 5.41) is 0. The van der Waals surface area contributed by atoms with Crippen LogP contribution in [0.1, 0.15) is 32.6 Å². The molecular weight excluding hydrogens is 210 g/mol. The van der Waals surface area contributed by atoms with Gasteiger partial charge in [-0.2, -0.15) is 0 Å². The first-order valence-corrected chi connectivity index (χ1v) is 5.65. The highest BCUT2D eigenvalue weighted by Gasteiger charge is 2.13. The van der Waals surface area contributed by atoms with Gasteiger partial charge in [-0.1, -0.05) is 6.07 Å². The molecule has 17 heavy (non-hydrogen) atoms. The molecule has 2 nitrogen and oxygen atoms in total. The Morgan fingerprint density at radius 3 is 1.94 bits per heavy atom. The fourth-order valence-corrected chi connectivity index (χ4v) is 1.78. The second-order valence-electron chi connectivity index (χ2n) is 4.60. The highest BCUT2D eigenvalue weighted by Crippen LogP contribution is 2.21. The van der Waals surface area contributed by atoms with Crippen molar-refractivity contribution >= 4 is 5.78 Å². The molecular formula is C15H19NO. The summed E-state index contributed by atoms with van der Waals surface area (Å²) in [4.78, 5) is 13.8. The first kappa shape index (κ1) is 13.3. The van der Waals surface area contributed by atoms with Gasteiger partial charge in [-0.25, -0.2) is 0 Å². The largest absolute Gasteiger partial charge is 0.338 e. The molecule has 0 aliphatic carbocycles. The van der Waals surface area contributed by atoms with Gasteiger partial charge in [0.05, 0.1) is 0 Å². The van der Waals surface area contributed by atoms with Crippen LogP contribution in [0.15, 0.2) is 6.07 Å². The van der Waals surface area contributed by atoms with Crippen LogP contribution in [-0.4, -0.2) is 24.8 Å². The number of Topliss-reactive ketones (excluding diaryl/α,β-unsaturated/α-hetero) is 1. The summed E-state index contributed by atoms with van der Waals surface area (Å²) in [5.41, 5.74) is 5.11. The Balaban J connectivity index is 3.33. The quantitative estimate of drug-likeness (QED) is 0.419. The van der Waals surface area contributed by atoms with Crippen LogP contribution in [0, 0.1) is 39.7 Å². The van der Waals surface area contributed by atoms with Crippen LogP contribution >= 0.6 is 0 Å². The summed E-state index contributed by atoms with van der Waals surface area (Å²) in [5.74, 6) is 2.57. The lowest BCUT2D eigenvalue weighted by Gasteiger charge is -2.12. The Labute approximate surface area is 104 Å². The summed E-state index contributed by atoms with van der Waals surface area (Å²) in [6.07, 6.45) is 0. The van der Waals surface area contributed by atoms with Crippen molar-refractivity contribution in [2.24, 2.45) is 0 Å². The molecule has 0 heterocycles. The Hall–Kier alpha value is -1.75. The van der Waals surface area contributed by atoms with Crippen LogP contribution in [0.5, 0.6) is 0 Å². The van der Waals surface area contributed by atoms with Crippen LogP contribution in [-0.2, 0) is 0 Å². The van der Waals surface area contributed by atoms with E-state index in [-0.39, 0.29) is 5.78 Å². The van der Waals surface area contributed by atoms with Gasteiger partial charge >= 0.3 is 0 Å². The van der Waals surface area contributed by atoms with Crippen molar-refractivity contribution in [3.05, 3.63) is 33.9 Å². The van der Waals surface area contributed by atoms with Crippen molar-refractivity contribution < 1.29 is 4.79 Å². The van der Waals surface area contributed by atoms with Crippen molar-refractivity contribution in [3.8, 4) is 12.0 Å². The molecule has 0 saturated heterocycles. The second kappa shape index (κ2) is 5.05. The first-order chi connectivity index (χ1) is 7.84. The van der Waals surface area contributed by atoms with Crippen molar-refractivity contribution in [3.63, 3.8) is 0 Å². The zero-order valence-corrected chi connectivity index (χ0v) is 11.4. The first-order valence-electron chi connectivity index (χ1n) is 5.65.